The Hall–Kier alpha value is -1.83. The molecule has 120 valence electrons. The molecule has 1 aliphatic rings. The van der Waals surface area contributed by atoms with Crippen molar-refractivity contribution in [3.05, 3.63) is 18.0 Å². The van der Waals surface area contributed by atoms with Gasteiger partial charge in [0, 0.05) is 18.6 Å². The fourth-order valence-electron chi connectivity index (χ4n) is 2.63. The number of aliphatic hydroxyl groups excluding tert-OH is 2. The molecule has 0 saturated carbocycles. The van der Waals surface area contributed by atoms with Gasteiger partial charge in [-0.1, -0.05) is 0 Å². The summed E-state index contributed by atoms with van der Waals surface area (Å²) in [5, 5.41) is 18.9. The Labute approximate surface area is 128 Å². The topological polar surface area (TPSA) is 103 Å². The molecule has 1 atom stereocenters. The van der Waals surface area contributed by atoms with Crippen molar-refractivity contribution in [1.29, 1.82) is 0 Å². The Bertz CT molecular complexity index is 656. The Morgan fingerprint density at radius 3 is 2.68 bits per heavy atom. The highest BCUT2D eigenvalue weighted by Gasteiger charge is 2.19. The van der Waals surface area contributed by atoms with Gasteiger partial charge in [-0.2, -0.15) is 0 Å². The van der Waals surface area contributed by atoms with Gasteiger partial charge < -0.3 is 30.0 Å². The van der Waals surface area contributed by atoms with Crippen LogP contribution in [0.5, 0.6) is 11.5 Å². The van der Waals surface area contributed by atoms with E-state index in [2.05, 4.69) is 4.98 Å². The summed E-state index contributed by atoms with van der Waals surface area (Å²) in [6.45, 7) is 1.62. The number of imidazole rings is 1. The van der Waals surface area contributed by atoms with E-state index in [4.69, 9.17) is 20.3 Å². The Morgan fingerprint density at radius 1 is 1.27 bits per heavy atom. The van der Waals surface area contributed by atoms with Gasteiger partial charge in [0.15, 0.2) is 11.5 Å². The van der Waals surface area contributed by atoms with Gasteiger partial charge in [0.2, 0.25) is 0 Å². The molecule has 1 aromatic carbocycles. The van der Waals surface area contributed by atoms with Gasteiger partial charge in [-0.05, 0) is 13.0 Å². The summed E-state index contributed by atoms with van der Waals surface area (Å²) in [4.78, 5) is 4.62. The van der Waals surface area contributed by atoms with Crippen molar-refractivity contribution in [3.63, 3.8) is 0 Å². The number of hydrogen-bond acceptors (Lipinski definition) is 6. The number of aliphatic hydroxyl groups is 2. The highest BCUT2D eigenvalue weighted by atomic mass is 16.6. The third-order valence-electron chi connectivity index (χ3n) is 3.70. The molecule has 0 aliphatic carbocycles. The van der Waals surface area contributed by atoms with Gasteiger partial charge >= 0.3 is 0 Å². The summed E-state index contributed by atoms with van der Waals surface area (Å²) in [6, 6.07) is 3.74. The van der Waals surface area contributed by atoms with Crippen molar-refractivity contribution in [2.75, 3.05) is 26.4 Å². The molecule has 22 heavy (non-hydrogen) atoms. The molecule has 0 radical (unpaired) electrons. The Morgan fingerprint density at radius 2 is 2.00 bits per heavy atom. The third kappa shape index (κ3) is 2.87. The lowest BCUT2D eigenvalue weighted by molar-refractivity contribution is 0.0814. The van der Waals surface area contributed by atoms with E-state index in [0.717, 1.165) is 29.7 Å². The van der Waals surface area contributed by atoms with Gasteiger partial charge in [-0.15, -0.1) is 0 Å². The highest BCUT2D eigenvalue weighted by molar-refractivity contribution is 5.80. The van der Waals surface area contributed by atoms with E-state index in [1.807, 2.05) is 16.7 Å². The molecule has 0 spiro atoms. The Balaban J connectivity index is 2.05. The number of rotatable bonds is 6. The van der Waals surface area contributed by atoms with E-state index in [-0.39, 0.29) is 13.2 Å². The molecule has 0 amide bonds. The standard InChI is InChI=1S/C15H21N3O4/c16-3-1-2-15-17-11-6-13-14(22-5-4-21-13)7-12(11)18(15)8-10(20)9-19/h6-7,10,19-20H,1-5,8-9,16H2. The first-order chi connectivity index (χ1) is 10.7. The highest BCUT2D eigenvalue weighted by Crippen LogP contribution is 2.35. The van der Waals surface area contributed by atoms with E-state index in [0.29, 0.717) is 31.3 Å². The monoisotopic (exact) mass is 307 g/mol. The number of hydrogen-bond donors (Lipinski definition) is 3. The second kappa shape index (κ2) is 6.51. The van der Waals surface area contributed by atoms with Crippen LogP contribution in [0.1, 0.15) is 12.2 Å². The lowest BCUT2D eigenvalue weighted by atomic mass is 10.2. The predicted octanol–water partition coefficient (Wildman–Crippen LogP) is 0.0520. The van der Waals surface area contributed by atoms with Crippen molar-refractivity contribution < 1.29 is 19.7 Å². The molecule has 3 rings (SSSR count). The van der Waals surface area contributed by atoms with Crippen molar-refractivity contribution in [2.45, 2.75) is 25.5 Å². The van der Waals surface area contributed by atoms with Crippen LogP contribution in [0.15, 0.2) is 12.1 Å². The van der Waals surface area contributed by atoms with Crippen LogP contribution in [0.4, 0.5) is 0 Å². The van der Waals surface area contributed by atoms with Crippen molar-refractivity contribution in [2.24, 2.45) is 5.73 Å². The maximum absolute atomic E-state index is 9.80. The van der Waals surface area contributed by atoms with Gasteiger partial charge in [-0.3, -0.25) is 0 Å². The number of fused-ring (bicyclic) bond motifs is 2. The van der Waals surface area contributed by atoms with Crippen LogP contribution in [0, 0.1) is 0 Å². The first kappa shape index (κ1) is 15.1. The van der Waals surface area contributed by atoms with Crippen LogP contribution in [0.2, 0.25) is 0 Å². The van der Waals surface area contributed by atoms with Gasteiger partial charge in [0.25, 0.3) is 0 Å². The van der Waals surface area contributed by atoms with E-state index >= 15 is 0 Å². The third-order valence-corrected chi connectivity index (χ3v) is 3.70. The number of aromatic nitrogens is 2. The van der Waals surface area contributed by atoms with Crippen LogP contribution >= 0.6 is 0 Å². The van der Waals surface area contributed by atoms with E-state index in [1.54, 1.807) is 0 Å². The number of nitrogens with zero attached hydrogens (tertiary/aromatic N) is 2. The van der Waals surface area contributed by atoms with E-state index in [1.165, 1.54) is 0 Å². The first-order valence-electron chi connectivity index (χ1n) is 7.50. The minimum Gasteiger partial charge on any atom is -0.486 e. The maximum atomic E-state index is 9.80. The van der Waals surface area contributed by atoms with Crippen LogP contribution in [-0.2, 0) is 13.0 Å². The lowest BCUT2D eigenvalue weighted by Crippen LogP contribution is -2.21. The maximum Gasteiger partial charge on any atom is 0.163 e. The van der Waals surface area contributed by atoms with Gasteiger partial charge in [0.05, 0.1) is 30.3 Å². The normalized spacial score (nSPS) is 15.2. The minimum atomic E-state index is -0.831. The molecule has 1 unspecified atom stereocenters. The number of nitrogens with two attached hydrogens (primary N) is 1. The van der Waals surface area contributed by atoms with E-state index in [9.17, 15) is 5.11 Å². The predicted molar refractivity (Wildman–Crippen MR) is 81.2 cm³/mol. The molecule has 7 heteroatoms. The molecule has 0 fully saturated rings. The minimum absolute atomic E-state index is 0.284. The molecule has 4 N–H and O–H groups in total. The van der Waals surface area contributed by atoms with Crippen molar-refractivity contribution in [1.82, 2.24) is 9.55 Å². The summed E-state index contributed by atoms with van der Waals surface area (Å²) in [7, 11) is 0. The first-order valence-corrected chi connectivity index (χ1v) is 7.50. The zero-order valence-corrected chi connectivity index (χ0v) is 12.4. The molecular formula is C15H21N3O4. The quantitative estimate of drug-likeness (QED) is 0.697. The zero-order valence-electron chi connectivity index (χ0n) is 12.4. The average Bonchev–Trinajstić information content (AvgIpc) is 2.87. The van der Waals surface area contributed by atoms with Gasteiger partial charge in [-0.25, -0.2) is 4.98 Å². The molecule has 7 nitrogen and oxygen atoms in total. The van der Waals surface area contributed by atoms with Crippen LogP contribution in [0.25, 0.3) is 11.0 Å². The second-order valence-corrected chi connectivity index (χ2v) is 5.35. The smallest absolute Gasteiger partial charge is 0.163 e. The van der Waals surface area contributed by atoms with Crippen molar-refractivity contribution >= 4 is 11.0 Å². The fraction of sp³-hybridized carbons (Fsp3) is 0.533. The van der Waals surface area contributed by atoms with Gasteiger partial charge in [0.1, 0.15) is 19.0 Å². The molecular weight excluding hydrogens is 286 g/mol. The molecule has 0 bridgehead atoms. The summed E-state index contributed by atoms with van der Waals surface area (Å²) in [6.07, 6.45) is 0.697. The lowest BCUT2D eigenvalue weighted by Gasteiger charge is -2.18. The van der Waals surface area contributed by atoms with Crippen molar-refractivity contribution in [3.8, 4) is 11.5 Å². The summed E-state index contributed by atoms with van der Waals surface area (Å²) >= 11 is 0. The van der Waals surface area contributed by atoms with Crippen LogP contribution in [0.3, 0.4) is 0 Å². The fourth-order valence-corrected chi connectivity index (χ4v) is 2.63. The molecule has 0 saturated heterocycles. The number of ether oxygens (including phenoxy) is 2. The summed E-state index contributed by atoms with van der Waals surface area (Å²) in [5.74, 6) is 2.22. The molecule has 1 aromatic heterocycles. The second-order valence-electron chi connectivity index (χ2n) is 5.35. The number of aryl methyl sites for hydroxylation is 1. The summed E-state index contributed by atoms with van der Waals surface area (Å²) < 4.78 is 13.1. The SMILES string of the molecule is NCCCc1nc2cc3c(cc2n1CC(O)CO)OCCO3. The number of benzene rings is 1. The molecule has 2 aromatic rings. The van der Waals surface area contributed by atoms with E-state index < -0.39 is 6.10 Å². The molecule has 2 heterocycles. The van der Waals surface area contributed by atoms with Crippen LogP contribution in [-0.4, -0.2) is 52.2 Å². The molecule has 1 aliphatic heterocycles. The summed E-state index contributed by atoms with van der Waals surface area (Å²) in [5.41, 5.74) is 7.24. The zero-order chi connectivity index (χ0) is 15.5. The van der Waals surface area contributed by atoms with Crippen LogP contribution < -0.4 is 15.2 Å². The average molecular weight is 307 g/mol. The largest absolute Gasteiger partial charge is 0.486 e. The Kier molecular flexibility index (Phi) is 4.47.